The highest BCUT2D eigenvalue weighted by Gasteiger charge is 2.51. The van der Waals surface area contributed by atoms with Crippen LogP contribution in [0.25, 0.3) is 0 Å². The Hall–Kier alpha value is -3.95. The maximum absolute atomic E-state index is 13.9. The number of carbonyl (C=O) groups excluding carboxylic acids is 3. The van der Waals surface area contributed by atoms with Gasteiger partial charge in [-0.15, -0.1) is 0 Å². The number of methoxy groups -OCH3 is 2. The monoisotopic (exact) mass is 545 g/mol. The predicted octanol–water partition coefficient (Wildman–Crippen LogP) is 4.29. The molecule has 2 fully saturated rings. The number of rotatable bonds is 9. The van der Waals surface area contributed by atoms with Crippen molar-refractivity contribution in [3.05, 3.63) is 94.9 Å². The van der Waals surface area contributed by atoms with E-state index in [1.807, 2.05) is 36.1 Å². The molecule has 9 nitrogen and oxygen atoms in total. The van der Waals surface area contributed by atoms with Crippen LogP contribution < -0.4 is 5.32 Å². The summed E-state index contributed by atoms with van der Waals surface area (Å²) in [6, 6.07) is 17.9. The summed E-state index contributed by atoms with van der Waals surface area (Å²) < 4.78 is 16.6. The van der Waals surface area contributed by atoms with Gasteiger partial charge < -0.3 is 24.1 Å². The minimum absolute atomic E-state index is 0.116. The minimum atomic E-state index is -0.398. The number of amides is 4. The summed E-state index contributed by atoms with van der Waals surface area (Å²) in [5, 5.41) is 2.82. The third-order valence-electron chi connectivity index (χ3n) is 8.07. The largest absolute Gasteiger partial charge is 0.467 e. The minimum Gasteiger partial charge on any atom is -0.467 e. The Labute approximate surface area is 234 Å². The lowest BCUT2D eigenvalue weighted by molar-refractivity contribution is -0.152. The number of benzene rings is 2. The molecule has 0 spiro atoms. The Kier molecular flexibility index (Phi) is 8.32. The van der Waals surface area contributed by atoms with Crippen LogP contribution in [-0.2, 0) is 33.9 Å². The molecule has 4 unspecified atom stereocenters. The van der Waals surface area contributed by atoms with Gasteiger partial charge >= 0.3 is 6.03 Å². The maximum atomic E-state index is 13.9. The summed E-state index contributed by atoms with van der Waals surface area (Å²) in [6.45, 7) is 2.83. The average molecular weight is 546 g/mol. The molecule has 1 aliphatic carbocycles. The molecule has 40 heavy (non-hydrogen) atoms. The first-order valence-corrected chi connectivity index (χ1v) is 13.5. The second-order valence-corrected chi connectivity index (χ2v) is 10.4. The van der Waals surface area contributed by atoms with Gasteiger partial charge in [-0.3, -0.25) is 14.5 Å². The quantitative estimate of drug-likeness (QED) is 0.431. The van der Waals surface area contributed by atoms with E-state index < -0.39 is 5.92 Å². The van der Waals surface area contributed by atoms with Crippen LogP contribution in [0.15, 0.2) is 71.3 Å². The highest BCUT2D eigenvalue weighted by molar-refractivity contribution is 5.99. The van der Waals surface area contributed by atoms with Gasteiger partial charge in [-0.2, -0.15) is 0 Å². The van der Waals surface area contributed by atoms with Crippen molar-refractivity contribution < 1.29 is 28.3 Å². The molecular formula is C31H35N3O6. The van der Waals surface area contributed by atoms with Gasteiger partial charge in [-0.25, -0.2) is 4.79 Å². The van der Waals surface area contributed by atoms with E-state index >= 15 is 0 Å². The number of ether oxygens (including phenoxy) is 2. The summed E-state index contributed by atoms with van der Waals surface area (Å²) in [5.74, 6) is -0.172. The van der Waals surface area contributed by atoms with Crippen molar-refractivity contribution in [3.8, 4) is 0 Å². The van der Waals surface area contributed by atoms with Crippen LogP contribution >= 0.6 is 0 Å². The van der Waals surface area contributed by atoms with E-state index in [4.69, 9.17) is 13.9 Å². The summed E-state index contributed by atoms with van der Waals surface area (Å²) in [5.41, 5.74) is 3.36. The number of fused-ring (bicyclic) bond motifs is 1. The van der Waals surface area contributed by atoms with Crippen LogP contribution in [0.3, 0.4) is 0 Å². The molecule has 1 aromatic heterocycles. The number of hydrogen-bond acceptors (Lipinski definition) is 6. The summed E-state index contributed by atoms with van der Waals surface area (Å²) in [4.78, 5) is 43.4. The first-order valence-electron chi connectivity index (χ1n) is 13.5. The SMILES string of the molecule is COC1CC2C(=O)N(Cc3ccc(C(=O)NCc4ccco4)cc3)C(=O)N(Cc3ccccc3C)C2CC1OC. The zero-order chi connectivity index (χ0) is 28.2. The third kappa shape index (κ3) is 5.66. The van der Waals surface area contributed by atoms with E-state index in [0.717, 1.165) is 16.7 Å². The molecule has 2 aromatic carbocycles. The fraction of sp³-hybridized carbons (Fsp3) is 0.387. The van der Waals surface area contributed by atoms with Crippen LogP contribution in [0, 0.1) is 12.8 Å². The summed E-state index contributed by atoms with van der Waals surface area (Å²) >= 11 is 0. The lowest BCUT2D eigenvalue weighted by Crippen LogP contribution is -2.64. The second kappa shape index (κ2) is 12.1. The fourth-order valence-electron chi connectivity index (χ4n) is 5.74. The van der Waals surface area contributed by atoms with Crippen LogP contribution in [0.1, 0.15) is 45.7 Å². The van der Waals surface area contributed by atoms with Crippen molar-refractivity contribution in [3.63, 3.8) is 0 Å². The van der Waals surface area contributed by atoms with Crippen molar-refractivity contribution in [2.24, 2.45) is 5.92 Å². The van der Waals surface area contributed by atoms with Crippen LogP contribution in [0.4, 0.5) is 4.79 Å². The molecule has 5 rings (SSSR count). The summed E-state index contributed by atoms with van der Waals surface area (Å²) in [6.07, 6.45) is 2.12. The predicted molar refractivity (Wildman–Crippen MR) is 147 cm³/mol. The third-order valence-corrected chi connectivity index (χ3v) is 8.07. The molecule has 3 aromatic rings. The van der Waals surface area contributed by atoms with Gasteiger partial charge in [0, 0.05) is 32.4 Å². The Bertz CT molecular complexity index is 1340. The number of carbonyl (C=O) groups is 3. The van der Waals surface area contributed by atoms with Crippen LogP contribution in [0.5, 0.6) is 0 Å². The van der Waals surface area contributed by atoms with Crippen LogP contribution in [-0.4, -0.2) is 60.1 Å². The van der Waals surface area contributed by atoms with Gasteiger partial charge in [0.1, 0.15) is 5.76 Å². The van der Waals surface area contributed by atoms with Crippen molar-refractivity contribution in [2.45, 2.75) is 57.6 Å². The van der Waals surface area contributed by atoms with Gasteiger partial charge in [0.2, 0.25) is 5.91 Å². The molecular weight excluding hydrogens is 510 g/mol. The molecule has 1 aliphatic heterocycles. The van der Waals surface area contributed by atoms with Crippen LogP contribution in [0.2, 0.25) is 0 Å². The second-order valence-electron chi connectivity index (χ2n) is 10.4. The van der Waals surface area contributed by atoms with Gasteiger partial charge in [0.25, 0.3) is 5.91 Å². The Balaban J connectivity index is 1.35. The van der Waals surface area contributed by atoms with Crippen molar-refractivity contribution >= 4 is 17.8 Å². The standard InChI is InChI=1S/C31H35N3O6/c1-20-7-4-5-8-23(20)19-33-26-16-28(39-3)27(38-2)15-25(26)30(36)34(31(33)37)18-21-10-12-22(13-11-21)29(35)32-17-24-9-6-14-40-24/h4-14,25-28H,15-19H2,1-3H3,(H,32,35). The van der Waals surface area contributed by atoms with E-state index in [-0.39, 0.29) is 49.2 Å². The maximum Gasteiger partial charge on any atom is 0.327 e. The highest BCUT2D eigenvalue weighted by Crippen LogP contribution is 2.38. The molecule has 1 saturated carbocycles. The van der Waals surface area contributed by atoms with Gasteiger partial charge in [-0.1, -0.05) is 36.4 Å². The number of imide groups is 1. The normalized spacial score (nSPS) is 22.8. The van der Waals surface area contributed by atoms with E-state index in [1.54, 1.807) is 56.9 Å². The van der Waals surface area contributed by atoms with Crippen molar-refractivity contribution in [2.75, 3.05) is 14.2 Å². The number of furan rings is 1. The smallest absolute Gasteiger partial charge is 0.327 e. The fourth-order valence-corrected chi connectivity index (χ4v) is 5.74. The van der Waals surface area contributed by atoms with E-state index in [2.05, 4.69) is 5.32 Å². The van der Waals surface area contributed by atoms with Gasteiger partial charge in [-0.05, 0) is 60.7 Å². The number of nitrogens with zero attached hydrogens (tertiary/aromatic N) is 2. The topological polar surface area (TPSA) is 101 Å². The molecule has 9 heteroatoms. The molecule has 1 N–H and O–H groups in total. The molecule has 0 radical (unpaired) electrons. The first-order chi connectivity index (χ1) is 19.4. The lowest BCUT2D eigenvalue weighted by Gasteiger charge is -2.50. The zero-order valence-corrected chi connectivity index (χ0v) is 23.0. The average Bonchev–Trinajstić information content (AvgIpc) is 3.50. The molecule has 4 atom stereocenters. The lowest BCUT2D eigenvalue weighted by atomic mass is 9.77. The first kappa shape index (κ1) is 27.6. The number of hydrogen-bond donors (Lipinski definition) is 1. The van der Waals surface area contributed by atoms with E-state index in [9.17, 15) is 14.4 Å². The van der Waals surface area contributed by atoms with Gasteiger partial charge in [0.15, 0.2) is 0 Å². The Morgan fingerprint density at radius 1 is 0.950 bits per heavy atom. The van der Waals surface area contributed by atoms with Gasteiger partial charge in [0.05, 0.1) is 37.5 Å². The summed E-state index contributed by atoms with van der Waals surface area (Å²) in [7, 11) is 3.27. The molecule has 210 valence electrons. The molecule has 0 bridgehead atoms. The number of aryl methyl sites for hydroxylation is 1. The number of nitrogens with one attached hydrogen (secondary N) is 1. The van der Waals surface area contributed by atoms with Crippen molar-refractivity contribution in [1.29, 1.82) is 0 Å². The van der Waals surface area contributed by atoms with E-state index in [1.165, 1.54) is 4.90 Å². The Morgan fingerprint density at radius 3 is 2.35 bits per heavy atom. The van der Waals surface area contributed by atoms with Crippen molar-refractivity contribution in [1.82, 2.24) is 15.1 Å². The van der Waals surface area contributed by atoms with E-state index in [0.29, 0.717) is 30.7 Å². The highest BCUT2D eigenvalue weighted by atomic mass is 16.5. The Morgan fingerprint density at radius 2 is 1.68 bits per heavy atom. The molecule has 2 heterocycles. The number of urea groups is 1. The molecule has 2 aliphatic rings. The molecule has 1 saturated heterocycles. The zero-order valence-electron chi connectivity index (χ0n) is 23.0. The molecule has 4 amide bonds.